The third kappa shape index (κ3) is 1.95. The van der Waals surface area contributed by atoms with Crippen LogP contribution in [0.1, 0.15) is 5.69 Å². The van der Waals surface area contributed by atoms with E-state index in [4.69, 9.17) is 0 Å². The van der Waals surface area contributed by atoms with Gasteiger partial charge in [-0.05, 0) is 25.1 Å². The summed E-state index contributed by atoms with van der Waals surface area (Å²) in [7, 11) is 0. The summed E-state index contributed by atoms with van der Waals surface area (Å²) in [5.74, 6) is -0.488. The third-order valence-corrected chi connectivity index (χ3v) is 3.36. The summed E-state index contributed by atoms with van der Waals surface area (Å²) >= 11 is 0. The fraction of sp³-hybridized carbons (Fsp3) is 0.0667. The van der Waals surface area contributed by atoms with Crippen LogP contribution in [0.3, 0.4) is 0 Å². The van der Waals surface area contributed by atoms with E-state index in [1.165, 1.54) is 22.6 Å². The van der Waals surface area contributed by atoms with Gasteiger partial charge in [0.1, 0.15) is 17.2 Å². The Kier molecular flexibility index (Phi) is 2.56. The van der Waals surface area contributed by atoms with Gasteiger partial charge in [0.2, 0.25) is 0 Å². The Morgan fingerprint density at radius 1 is 1.14 bits per heavy atom. The van der Waals surface area contributed by atoms with E-state index in [1.54, 1.807) is 23.0 Å². The van der Waals surface area contributed by atoms with Gasteiger partial charge in [0, 0.05) is 12.3 Å². The molecule has 0 spiro atoms. The van der Waals surface area contributed by atoms with Crippen LogP contribution in [-0.4, -0.2) is 24.0 Å². The number of rotatable bonds is 1. The van der Waals surface area contributed by atoms with E-state index in [0.717, 1.165) is 17.4 Å². The van der Waals surface area contributed by atoms with Crippen LogP contribution in [0, 0.1) is 12.7 Å². The Morgan fingerprint density at radius 3 is 2.86 bits per heavy atom. The van der Waals surface area contributed by atoms with E-state index >= 15 is 0 Å². The molecule has 6 nitrogen and oxygen atoms in total. The molecule has 0 amide bonds. The fourth-order valence-corrected chi connectivity index (χ4v) is 2.32. The summed E-state index contributed by atoms with van der Waals surface area (Å²) in [5, 5.41) is 4.40. The average molecular weight is 295 g/mol. The predicted molar refractivity (Wildman–Crippen MR) is 78.1 cm³/mol. The Hall–Kier alpha value is -3.09. The number of pyridine rings is 1. The maximum Gasteiger partial charge on any atom is 0.258 e. The number of aryl methyl sites for hydroxylation is 1. The number of nitrogens with zero attached hydrogens (tertiary/aromatic N) is 5. The van der Waals surface area contributed by atoms with Crippen LogP contribution >= 0.6 is 0 Å². The minimum atomic E-state index is -0.488. The second-order valence-electron chi connectivity index (χ2n) is 4.98. The summed E-state index contributed by atoms with van der Waals surface area (Å²) in [6.45, 7) is 1.87. The van der Waals surface area contributed by atoms with Gasteiger partial charge in [0.05, 0.1) is 29.3 Å². The van der Waals surface area contributed by atoms with Crippen LogP contribution < -0.4 is 5.56 Å². The van der Waals surface area contributed by atoms with Gasteiger partial charge in [-0.25, -0.2) is 13.9 Å². The molecule has 0 aromatic carbocycles. The fourth-order valence-electron chi connectivity index (χ4n) is 2.32. The predicted octanol–water partition coefficient (Wildman–Crippen LogP) is 1.85. The standard InChI is InChI=1S/C15H10FN5O/c1-9-7-21-11(6-17-9)4-13(19-21)12-5-15(22)20-8-10(16)2-3-14(20)18-12/h2-8H,1H3. The smallest absolute Gasteiger partial charge is 0.258 e. The van der Waals surface area contributed by atoms with E-state index in [9.17, 15) is 9.18 Å². The Bertz CT molecular complexity index is 1080. The molecule has 4 heterocycles. The number of fused-ring (bicyclic) bond motifs is 2. The van der Waals surface area contributed by atoms with Crippen LogP contribution in [-0.2, 0) is 0 Å². The molecule has 4 aromatic rings. The quantitative estimate of drug-likeness (QED) is 0.537. The summed E-state index contributed by atoms with van der Waals surface area (Å²) < 4.78 is 16.1. The largest absolute Gasteiger partial charge is 0.269 e. The second-order valence-corrected chi connectivity index (χ2v) is 4.98. The van der Waals surface area contributed by atoms with Crippen molar-refractivity contribution in [3.05, 3.63) is 64.7 Å². The highest BCUT2D eigenvalue weighted by Crippen LogP contribution is 2.17. The highest BCUT2D eigenvalue weighted by atomic mass is 19.1. The van der Waals surface area contributed by atoms with Crippen LogP contribution in [0.15, 0.2) is 47.7 Å². The number of hydrogen-bond donors (Lipinski definition) is 0. The SMILES string of the molecule is Cc1cn2nc(-c3cc(=O)n4cc(F)ccc4n3)cc2cn1. The molecule has 7 heteroatoms. The third-order valence-electron chi connectivity index (χ3n) is 3.36. The van der Waals surface area contributed by atoms with Gasteiger partial charge in [-0.3, -0.25) is 14.2 Å². The maximum atomic E-state index is 13.2. The Morgan fingerprint density at radius 2 is 2.00 bits per heavy atom. The van der Waals surface area contributed by atoms with Gasteiger partial charge < -0.3 is 0 Å². The number of hydrogen-bond acceptors (Lipinski definition) is 4. The first-order valence-electron chi connectivity index (χ1n) is 6.61. The lowest BCUT2D eigenvalue weighted by molar-refractivity contribution is 0.617. The molecule has 22 heavy (non-hydrogen) atoms. The molecule has 0 saturated heterocycles. The molecule has 108 valence electrons. The van der Waals surface area contributed by atoms with Crippen molar-refractivity contribution >= 4 is 11.2 Å². The van der Waals surface area contributed by atoms with Crippen molar-refractivity contribution in [3.63, 3.8) is 0 Å². The molecular weight excluding hydrogens is 285 g/mol. The summed E-state index contributed by atoms with van der Waals surface area (Å²) in [5.41, 5.74) is 2.67. The van der Waals surface area contributed by atoms with Crippen molar-refractivity contribution in [1.29, 1.82) is 0 Å². The summed E-state index contributed by atoms with van der Waals surface area (Å²) in [4.78, 5) is 20.7. The Labute approximate surface area is 123 Å². The highest BCUT2D eigenvalue weighted by molar-refractivity contribution is 5.63. The Balaban J connectivity index is 1.95. The lowest BCUT2D eigenvalue weighted by atomic mass is 10.3. The van der Waals surface area contributed by atoms with Crippen molar-refractivity contribution in [2.75, 3.05) is 0 Å². The van der Waals surface area contributed by atoms with Crippen molar-refractivity contribution in [3.8, 4) is 11.4 Å². The van der Waals surface area contributed by atoms with Gasteiger partial charge in [0.25, 0.3) is 5.56 Å². The first-order chi connectivity index (χ1) is 10.6. The molecule has 0 N–H and O–H groups in total. The van der Waals surface area contributed by atoms with E-state index < -0.39 is 5.82 Å². The van der Waals surface area contributed by atoms with Crippen molar-refractivity contribution in [2.24, 2.45) is 0 Å². The second kappa shape index (κ2) is 4.45. The maximum absolute atomic E-state index is 13.2. The zero-order chi connectivity index (χ0) is 15.3. The molecular formula is C15H10FN5O. The monoisotopic (exact) mass is 295 g/mol. The molecule has 0 fully saturated rings. The lowest BCUT2D eigenvalue weighted by Gasteiger charge is -2.01. The lowest BCUT2D eigenvalue weighted by Crippen LogP contribution is -2.14. The van der Waals surface area contributed by atoms with Crippen molar-refractivity contribution < 1.29 is 4.39 Å². The first-order valence-corrected chi connectivity index (χ1v) is 6.61. The van der Waals surface area contributed by atoms with Gasteiger partial charge in [-0.2, -0.15) is 5.10 Å². The van der Waals surface area contributed by atoms with E-state index in [-0.39, 0.29) is 5.56 Å². The van der Waals surface area contributed by atoms with Crippen molar-refractivity contribution in [1.82, 2.24) is 24.0 Å². The van der Waals surface area contributed by atoms with Crippen molar-refractivity contribution in [2.45, 2.75) is 6.92 Å². The van der Waals surface area contributed by atoms with Crippen LogP contribution in [0.5, 0.6) is 0 Å². The van der Waals surface area contributed by atoms with E-state index in [1.807, 2.05) is 6.92 Å². The molecule has 0 aliphatic carbocycles. The topological polar surface area (TPSA) is 64.6 Å². The molecule has 0 radical (unpaired) electrons. The number of halogens is 1. The minimum Gasteiger partial charge on any atom is -0.269 e. The average Bonchev–Trinajstić information content (AvgIpc) is 2.91. The molecule has 0 saturated carbocycles. The molecule has 0 aliphatic heterocycles. The summed E-state index contributed by atoms with van der Waals surface area (Å²) in [6, 6.07) is 5.87. The normalized spacial score (nSPS) is 11.4. The summed E-state index contributed by atoms with van der Waals surface area (Å²) in [6.07, 6.45) is 4.61. The molecule has 0 bridgehead atoms. The van der Waals surface area contributed by atoms with Crippen LogP contribution in [0.4, 0.5) is 4.39 Å². The molecule has 0 unspecified atom stereocenters. The molecule has 0 atom stereocenters. The zero-order valence-corrected chi connectivity index (χ0v) is 11.6. The van der Waals surface area contributed by atoms with E-state index in [0.29, 0.717) is 17.0 Å². The van der Waals surface area contributed by atoms with E-state index in [2.05, 4.69) is 15.1 Å². The zero-order valence-electron chi connectivity index (χ0n) is 11.6. The molecule has 0 aliphatic rings. The van der Waals surface area contributed by atoms with Gasteiger partial charge in [-0.15, -0.1) is 0 Å². The minimum absolute atomic E-state index is 0.356. The van der Waals surface area contributed by atoms with Gasteiger partial charge in [-0.1, -0.05) is 0 Å². The molecule has 4 rings (SSSR count). The highest BCUT2D eigenvalue weighted by Gasteiger charge is 2.10. The van der Waals surface area contributed by atoms with Crippen LogP contribution in [0.2, 0.25) is 0 Å². The first kappa shape index (κ1) is 12.6. The van der Waals surface area contributed by atoms with Crippen LogP contribution in [0.25, 0.3) is 22.6 Å². The van der Waals surface area contributed by atoms with Gasteiger partial charge >= 0.3 is 0 Å². The van der Waals surface area contributed by atoms with Gasteiger partial charge in [0.15, 0.2) is 0 Å². The number of aromatic nitrogens is 5. The molecule has 4 aromatic heterocycles.